The summed E-state index contributed by atoms with van der Waals surface area (Å²) in [5.41, 5.74) is 3.26. The Labute approximate surface area is 113 Å². The van der Waals surface area contributed by atoms with Gasteiger partial charge in [0.15, 0.2) is 0 Å². The molecule has 18 heavy (non-hydrogen) atoms. The van der Waals surface area contributed by atoms with Gasteiger partial charge in [0, 0.05) is 11.6 Å². The van der Waals surface area contributed by atoms with E-state index in [9.17, 15) is 0 Å². The molecule has 0 aliphatic heterocycles. The van der Waals surface area contributed by atoms with Crippen molar-refractivity contribution in [1.29, 1.82) is 0 Å². The monoisotopic (exact) mass is 255 g/mol. The molecule has 3 N–H and O–H groups in total. The molecule has 1 atom stereocenters. The van der Waals surface area contributed by atoms with Crippen molar-refractivity contribution in [3.8, 4) is 0 Å². The second-order valence-corrected chi connectivity index (χ2v) is 6.49. The fourth-order valence-corrected chi connectivity index (χ4v) is 3.77. The van der Waals surface area contributed by atoms with Gasteiger partial charge in [0.05, 0.1) is 0 Å². The van der Waals surface area contributed by atoms with E-state index in [4.69, 9.17) is 5.84 Å². The van der Waals surface area contributed by atoms with Crippen LogP contribution in [0, 0.1) is 11.8 Å². The van der Waals surface area contributed by atoms with E-state index in [0.717, 1.165) is 24.9 Å². The van der Waals surface area contributed by atoms with Gasteiger partial charge in [-0.1, -0.05) is 33.6 Å². The van der Waals surface area contributed by atoms with Gasteiger partial charge in [-0.05, 0) is 51.6 Å². The first-order chi connectivity index (χ1) is 8.47. The van der Waals surface area contributed by atoms with Gasteiger partial charge >= 0.3 is 0 Å². The van der Waals surface area contributed by atoms with E-state index in [1.54, 1.807) is 0 Å². The van der Waals surface area contributed by atoms with E-state index < -0.39 is 0 Å². The van der Waals surface area contributed by atoms with Gasteiger partial charge in [0.2, 0.25) is 0 Å². The second kappa shape index (κ2) is 6.88. The molecule has 0 saturated heterocycles. The van der Waals surface area contributed by atoms with Crippen LogP contribution in [0.2, 0.25) is 0 Å². The number of nitrogens with one attached hydrogen (secondary N) is 1. The molecule has 0 aromatic heterocycles. The maximum atomic E-state index is 5.89. The molecule has 0 aromatic rings. The first-order valence-electron chi connectivity index (χ1n) is 7.68. The normalized spacial score (nSPS) is 27.5. The van der Waals surface area contributed by atoms with Gasteiger partial charge in [-0.25, -0.2) is 0 Å². The van der Waals surface area contributed by atoms with Crippen molar-refractivity contribution in [2.24, 2.45) is 17.7 Å². The van der Waals surface area contributed by atoms with Gasteiger partial charge in [0.25, 0.3) is 0 Å². The fourth-order valence-electron chi connectivity index (χ4n) is 3.77. The van der Waals surface area contributed by atoms with Crippen LogP contribution in [0.1, 0.15) is 60.3 Å². The molecule has 1 rings (SSSR count). The molecule has 1 unspecified atom stereocenters. The Morgan fingerprint density at radius 3 is 2.06 bits per heavy atom. The van der Waals surface area contributed by atoms with Gasteiger partial charge in [-0.15, -0.1) is 0 Å². The summed E-state index contributed by atoms with van der Waals surface area (Å²) in [6.07, 6.45) is 5.36. The summed E-state index contributed by atoms with van der Waals surface area (Å²) in [5, 5.41) is 0. The Hall–Kier alpha value is -0.120. The lowest BCUT2D eigenvalue weighted by molar-refractivity contribution is 0.0503. The SMILES string of the molecule is CCN(CC)C(C)(C)C(NN)C1CCC(C)CC1. The van der Waals surface area contributed by atoms with E-state index in [1.165, 1.54) is 25.7 Å². The zero-order valence-electron chi connectivity index (χ0n) is 13.0. The van der Waals surface area contributed by atoms with Crippen molar-refractivity contribution in [3.63, 3.8) is 0 Å². The summed E-state index contributed by atoms with van der Waals surface area (Å²) in [4.78, 5) is 2.52. The first-order valence-corrected chi connectivity index (χ1v) is 7.68. The maximum Gasteiger partial charge on any atom is 0.0417 e. The Bertz CT molecular complexity index is 228. The highest BCUT2D eigenvalue weighted by atomic mass is 15.3. The minimum absolute atomic E-state index is 0.128. The average Bonchev–Trinajstić information content (AvgIpc) is 2.33. The molecule has 0 bridgehead atoms. The zero-order chi connectivity index (χ0) is 13.8. The molecule has 3 heteroatoms. The van der Waals surface area contributed by atoms with Crippen LogP contribution in [0.5, 0.6) is 0 Å². The van der Waals surface area contributed by atoms with Crippen LogP contribution >= 0.6 is 0 Å². The topological polar surface area (TPSA) is 41.3 Å². The summed E-state index contributed by atoms with van der Waals surface area (Å²) in [7, 11) is 0. The number of nitrogens with zero attached hydrogens (tertiary/aromatic N) is 1. The Morgan fingerprint density at radius 1 is 1.17 bits per heavy atom. The molecule has 108 valence electrons. The van der Waals surface area contributed by atoms with E-state index in [1.807, 2.05) is 0 Å². The predicted octanol–water partition coefficient (Wildman–Crippen LogP) is 2.77. The average molecular weight is 255 g/mol. The van der Waals surface area contributed by atoms with Gasteiger partial charge in [0.1, 0.15) is 0 Å². The molecule has 1 aliphatic rings. The van der Waals surface area contributed by atoms with Crippen LogP contribution in [0.4, 0.5) is 0 Å². The zero-order valence-corrected chi connectivity index (χ0v) is 13.0. The van der Waals surface area contributed by atoms with E-state index in [0.29, 0.717) is 6.04 Å². The highest BCUT2D eigenvalue weighted by Gasteiger charge is 2.39. The molecule has 0 amide bonds. The standard InChI is InChI=1S/C15H33N3/c1-6-18(7-2)15(4,5)14(17-16)13-10-8-12(3)9-11-13/h12-14,17H,6-11,16H2,1-5H3. The number of nitrogens with two attached hydrogens (primary N) is 1. The highest BCUT2D eigenvalue weighted by Crippen LogP contribution is 2.35. The highest BCUT2D eigenvalue weighted by molar-refractivity contribution is 4.96. The number of likely N-dealkylation sites (N-methyl/N-ethyl adjacent to an activating group) is 1. The molecule has 1 fully saturated rings. The Kier molecular flexibility index (Phi) is 6.09. The molecular formula is C15H33N3. The molecule has 3 nitrogen and oxygen atoms in total. The number of hydrogen-bond acceptors (Lipinski definition) is 3. The van der Waals surface area contributed by atoms with Crippen molar-refractivity contribution >= 4 is 0 Å². The van der Waals surface area contributed by atoms with Gasteiger partial charge in [-0.3, -0.25) is 16.2 Å². The van der Waals surface area contributed by atoms with Crippen molar-refractivity contribution < 1.29 is 0 Å². The van der Waals surface area contributed by atoms with Crippen molar-refractivity contribution in [2.75, 3.05) is 13.1 Å². The molecule has 0 aromatic carbocycles. The lowest BCUT2D eigenvalue weighted by atomic mass is 9.73. The van der Waals surface area contributed by atoms with Crippen molar-refractivity contribution in [2.45, 2.75) is 71.9 Å². The van der Waals surface area contributed by atoms with Crippen LogP contribution < -0.4 is 11.3 Å². The van der Waals surface area contributed by atoms with Crippen LogP contribution in [-0.4, -0.2) is 29.6 Å². The lowest BCUT2D eigenvalue weighted by Crippen LogP contribution is -2.62. The van der Waals surface area contributed by atoms with Crippen LogP contribution in [-0.2, 0) is 0 Å². The molecule has 1 saturated carbocycles. The summed E-state index contributed by atoms with van der Waals surface area (Å²) < 4.78 is 0. The summed E-state index contributed by atoms with van der Waals surface area (Å²) in [6.45, 7) is 13.7. The number of hydrazine groups is 1. The molecular weight excluding hydrogens is 222 g/mol. The van der Waals surface area contributed by atoms with Crippen molar-refractivity contribution in [3.05, 3.63) is 0 Å². The number of hydrogen-bond donors (Lipinski definition) is 2. The van der Waals surface area contributed by atoms with E-state index in [2.05, 4.69) is 44.9 Å². The summed E-state index contributed by atoms with van der Waals surface area (Å²) >= 11 is 0. The Morgan fingerprint density at radius 2 is 1.67 bits per heavy atom. The molecule has 0 spiro atoms. The largest absolute Gasteiger partial charge is 0.297 e. The quantitative estimate of drug-likeness (QED) is 0.566. The van der Waals surface area contributed by atoms with Crippen LogP contribution in [0.25, 0.3) is 0 Å². The minimum Gasteiger partial charge on any atom is -0.297 e. The van der Waals surface area contributed by atoms with Crippen molar-refractivity contribution in [1.82, 2.24) is 10.3 Å². The first kappa shape index (κ1) is 15.9. The molecule has 0 heterocycles. The van der Waals surface area contributed by atoms with Crippen LogP contribution in [0.15, 0.2) is 0 Å². The van der Waals surface area contributed by atoms with Gasteiger partial charge in [-0.2, -0.15) is 0 Å². The van der Waals surface area contributed by atoms with Crippen LogP contribution in [0.3, 0.4) is 0 Å². The fraction of sp³-hybridized carbons (Fsp3) is 1.00. The second-order valence-electron chi connectivity index (χ2n) is 6.49. The minimum atomic E-state index is 0.128. The molecule has 1 aliphatic carbocycles. The smallest absolute Gasteiger partial charge is 0.0417 e. The Balaban J connectivity index is 2.74. The molecule has 0 radical (unpaired) electrons. The third-order valence-electron chi connectivity index (χ3n) is 5.05. The van der Waals surface area contributed by atoms with E-state index in [-0.39, 0.29) is 5.54 Å². The lowest BCUT2D eigenvalue weighted by Gasteiger charge is -2.47. The number of rotatable bonds is 6. The predicted molar refractivity (Wildman–Crippen MR) is 79.2 cm³/mol. The third kappa shape index (κ3) is 3.46. The summed E-state index contributed by atoms with van der Waals surface area (Å²) in [5.74, 6) is 7.52. The third-order valence-corrected chi connectivity index (χ3v) is 5.05. The maximum absolute atomic E-state index is 5.89. The van der Waals surface area contributed by atoms with Gasteiger partial charge < -0.3 is 0 Å². The van der Waals surface area contributed by atoms with E-state index >= 15 is 0 Å². The summed E-state index contributed by atoms with van der Waals surface area (Å²) in [6, 6.07) is 0.393.